The maximum absolute atomic E-state index is 3.31. The zero-order valence-corrected chi connectivity index (χ0v) is 16.4. The molecule has 1 unspecified atom stereocenters. The molecule has 0 fully saturated rings. The third-order valence-electron chi connectivity index (χ3n) is 5.48. The molecule has 1 heteroatoms. The minimum atomic E-state index is -0.305. The number of hydrogen-bond acceptors (Lipinski definition) is 1. The lowest BCUT2D eigenvalue weighted by molar-refractivity contribution is 0.804. The third kappa shape index (κ3) is 2.90. The topological polar surface area (TPSA) is 12.0 Å². The second-order valence-electron chi connectivity index (χ2n) is 7.00. The molecule has 1 aliphatic carbocycles. The van der Waals surface area contributed by atoms with Gasteiger partial charge in [-0.2, -0.15) is 0 Å². The molecule has 0 radical (unpaired) electrons. The number of fused-ring (bicyclic) bond motifs is 3. The van der Waals surface area contributed by atoms with Crippen molar-refractivity contribution in [2.24, 2.45) is 0 Å². The molecular weight excluding hydrogens is 338 g/mol. The lowest BCUT2D eigenvalue weighted by atomic mass is 9.72. The van der Waals surface area contributed by atoms with E-state index in [-0.39, 0.29) is 5.41 Å². The summed E-state index contributed by atoms with van der Waals surface area (Å²) in [4.78, 5) is 0. The minimum absolute atomic E-state index is 0.305. The van der Waals surface area contributed by atoms with Crippen LogP contribution in [0.15, 0.2) is 109 Å². The summed E-state index contributed by atoms with van der Waals surface area (Å²) in [5.74, 6) is 0. The average Bonchev–Trinajstić information content (AvgIpc) is 3.04. The first-order valence-electron chi connectivity index (χ1n) is 9.76. The van der Waals surface area contributed by atoms with E-state index in [0.717, 1.165) is 5.69 Å². The smallest absolute Gasteiger partial charge is 0.0647 e. The zero-order chi connectivity index (χ0) is 19.4. The molecule has 0 spiro atoms. The highest BCUT2D eigenvalue weighted by atomic mass is 14.8. The molecule has 138 valence electrons. The number of rotatable bonds is 5. The first-order valence-corrected chi connectivity index (χ1v) is 9.76. The Hall–Kier alpha value is -3.32. The summed E-state index contributed by atoms with van der Waals surface area (Å²) in [5.41, 5.74) is 7.38. The van der Waals surface area contributed by atoms with Crippen LogP contribution < -0.4 is 5.32 Å². The highest BCUT2D eigenvalue weighted by molar-refractivity contribution is 5.86. The van der Waals surface area contributed by atoms with Gasteiger partial charge in [-0.15, -0.1) is 0 Å². The van der Waals surface area contributed by atoms with E-state index in [1.54, 1.807) is 0 Å². The standard InChI is InChI=1S/C27H25N/c1-3-4-5-6-12-19-27(21-13-8-7-9-14-21)25-16-11-10-15-23(25)24-18-17-22(28-2)20-26(24)27/h3-20,28H,1-2H3/b4-3-,6-5-,19-12+. The molecule has 0 saturated heterocycles. The maximum atomic E-state index is 3.31. The van der Waals surface area contributed by atoms with Crippen LogP contribution in [-0.2, 0) is 5.41 Å². The fourth-order valence-corrected chi connectivity index (χ4v) is 4.19. The summed E-state index contributed by atoms with van der Waals surface area (Å²) >= 11 is 0. The molecule has 0 heterocycles. The van der Waals surface area contributed by atoms with Crippen LogP contribution in [0.25, 0.3) is 11.1 Å². The molecule has 1 atom stereocenters. The van der Waals surface area contributed by atoms with Crippen molar-refractivity contribution in [3.05, 3.63) is 126 Å². The van der Waals surface area contributed by atoms with Crippen molar-refractivity contribution < 1.29 is 0 Å². The normalized spacial score (nSPS) is 18.1. The van der Waals surface area contributed by atoms with Crippen molar-refractivity contribution in [2.45, 2.75) is 12.3 Å². The number of anilines is 1. The number of benzene rings is 3. The summed E-state index contributed by atoms with van der Waals surface area (Å²) in [6.07, 6.45) is 12.8. The van der Waals surface area contributed by atoms with Crippen molar-refractivity contribution in [3.63, 3.8) is 0 Å². The van der Waals surface area contributed by atoms with Crippen LogP contribution in [0.5, 0.6) is 0 Å². The van der Waals surface area contributed by atoms with Gasteiger partial charge in [0, 0.05) is 12.7 Å². The molecule has 1 nitrogen and oxygen atoms in total. The second-order valence-corrected chi connectivity index (χ2v) is 7.00. The van der Waals surface area contributed by atoms with Crippen molar-refractivity contribution in [3.8, 4) is 11.1 Å². The molecule has 3 aromatic rings. The van der Waals surface area contributed by atoms with E-state index in [4.69, 9.17) is 0 Å². The van der Waals surface area contributed by atoms with Gasteiger partial charge < -0.3 is 5.32 Å². The van der Waals surface area contributed by atoms with E-state index in [0.29, 0.717) is 0 Å². The zero-order valence-electron chi connectivity index (χ0n) is 16.4. The molecule has 0 saturated carbocycles. The van der Waals surface area contributed by atoms with Gasteiger partial charge in [0.15, 0.2) is 0 Å². The fraction of sp³-hybridized carbons (Fsp3) is 0.111. The van der Waals surface area contributed by atoms with E-state index >= 15 is 0 Å². The molecule has 0 amide bonds. The van der Waals surface area contributed by atoms with E-state index in [9.17, 15) is 0 Å². The lowest BCUT2D eigenvalue weighted by Crippen LogP contribution is -2.24. The summed E-state index contributed by atoms with van der Waals surface area (Å²) in [6, 6.07) is 26.3. The SMILES string of the molecule is C\C=C/C=C\C=C\C1(c2ccccc2)c2ccccc2-c2ccc(NC)cc21. The van der Waals surface area contributed by atoms with Crippen LogP contribution in [0.1, 0.15) is 23.6 Å². The molecule has 0 aliphatic heterocycles. The lowest BCUT2D eigenvalue weighted by Gasteiger charge is -2.30. The summed E-state index contributed by atoms with van der Waals surface area (Å²) < 4.78 is 0. The second kappa shape index (κ2) is 7.74. The van der Waals surface area contributed by atoms with Crippen LogP contribution in [-0.4, -0.2) is 7.05 Å². The Morgan fingerprint density at radius 2 is 1.43 bits per heavy atom. The van der Waals surface area contributed by atoms with Gasteiger partial charge in [0.05, 0.1) is 5.41 Å². The molecule has 3 aromatic carbocycles. The maximum Gasteiger partial charge on any atom is 0.0647 e. The van der Waals surface area contributed by atoms with Gasteiger partial charge in [0.2, 0.25) is 0 Å². The van der Waals surface area contributed by atoms with Gasteiger partial charge in [0.25, 0.3) is 0 Å². The van der Waals surface area contributed by atoms with Crippen molar-refractivity contribution in [2.75, 3.05) is 12.4 Å². The largest absolute Gasteiger partial charge is 0.388 e. The van der Waals surface area contributed by atoms with E-state index in [1.165, 1.54) is 27.8 Å². The molecule has 4 rings (SSSR count). The van der Waals surface area contributed by atoms with Crippen molar-refractivity contribution in [1.29, 1.82) is 0 Å². The van der Waals surface area contributed by atoms with Gasteiger partial charge in [-0.3, -0.25) is 0 Å². The van der Waals surface area contributed by atoms with Crippen molar-refractivity contribution >= 4 is 5.69 Å². The molecule has 1 aliphatic rings. The first-order chi connectivity index (χ1) is 13.8. The predicted octanol–water partition coefficient (Wildman–Crippen LogP) is 6.73. The summed E-state index contributed by atoms with van der Waals surface area (Å²) in [7, 11) is 1.98. The summed E-state index contributed by atoms with van der Waals surface area (Å²) in [5, 5.41) is 3.31. The van der Waals surface area contributed by atoms with Crippen LogP contribution in [0.3, 0.4) is 0 Å². The van der Waals surface area contributed by atoms with E-state index < -0.39 is 0 Å². The van der Waals surface area contributed by atoms with Crippen LogP contribution in [0.4, 0.5) is 5.69 Å². The average molecular weight is 364 g/mol. The third-order valence-corrected chi connectivity index (χ3v) is 5.48. The molecule has 28 heavy (non-hydrogen) atoms. The highest BCUT2D eigenvalue weighted by Crippen LogP contribution is 2.53. The Labute approximate surface area is 167 Å². The molecular formula is C27H25N. The minimum Gasteiger partial charge on any atom is -0.388 e. The van der Waals surface area contributed by atoms with Gasteiger partial charge in [-0.05, 0) is 46.9 Å². The van der Waals surface area contributed by atoms with Crippen LogP contribution in [0.2, 0.25) is 0 Å². The predicted molar refractivity (Wildman–Crippen MR) is 121 cm³/mol. The monoisotopic (exact) mass is 363 g/mol. The quantitative estimate of drug-likeness (QED) is 0.495. The van der Waals surface area contributed by atoms with Crippen LogP contribution in [0, 0.1) is 0 Å². The van der Waals surface area contributed by atoms with Gasteiger partial charge >= 0.3 is 0 Å². The Bertz CT molecular complexity index is 1060. The molecule has 1 N–H and O–H groups in total. The Kier molecular flexibility index (Phi) is 4.99. The number of hydrogen-bond donors (Lipinski definition) is 1. The van der Waals surface area contributed by atoms with Gasteiger partial charge in [-0.25, -0.2) is 0 Å². The number of allylic oxidation sites excluding steroid dienone is 6. The van der Waals surface area contributed by atoms with Crippen LogP contribution >= 0.6 is 0 Å². The summed E-state index contributed by atoms with van der Waals surface area (Å²) in [6.45, 7) is 2.03. The van der Waals surface area contributed by atoms with Gasteiger partial charge in [0.1, 0.15) is 0 Å². The molecule has 0 bridgehead atoms. The Morgan fingerprint density at radius 1 is 0.714 bits per heavy atom. The van der Waals surface area contributed by atoms with E-state index in [1.807, 2.05) is 20.0 Å². The Morgan fingerprint density at radius 3 is 2.21 bits per heavy atom. The number of nitrogens with one attached hydrogen (secondary N) is 1. The van der Waals surface area contributed by atoms with Crippen molar-refractivity contribution in [1.82, 2.24) is 0 Å². The fourth-order valence-electron chi connectivity index (χ4n) is 4.19. The molecule has 0 aromatic heterocycles. The first kappa shape index (κ1) is 18.1. The van der Waals surface area contributed by atoms with Gasteiger partial charge in [-0.1, -0.05) is 97.1 Å². The highest BCUT2D eigenvalue weighted by Gasteiger charge is 2.42. The Balaban J connectivity index is 2.02. The van der Waals surface area contributed by atoms with E-state index in [2.05, 4.69) is 108 Å².